The molecule has 17 heavy (non-hydrogen) atoms. The Morgan fingerprint density at radius 1 is 1.47 bits per heavy atom. The highest BCUT2D eigenvalue weighted by Crippen LogP contribution is 2.35. The Morgan fingerprint density at radius 3 is 2.71 bits per heavy atom. The second kappa shape index (κ2) is 4.76. The smallest absolute Gasteiger partial charge is 0.269 e. The van der Waals surface area contributed by atoms with E-state index in [2.05, 4.69) is 10.1 Å². The van der Waals surface area contributed by atoms with Gasteiger partial charge in [-0.05, 0) is 23.8 Å². The molecule has 0 saturated carbocycles. The molecule has 0 saturated heterocycles. The van der Waals surface area contributed by atoms with Crippen LogP contribution < -0.4 is 5.73 Å². The second-order valence-corrected chi connectivity index (χ2v) is 5.55. The van der Waals surface area contributed by atoms with E-state index in [9.17, 15) is 0 Å². The van der Waals surface area contributed by atoms with Crippen molar-refractivity contribution in [2.75, 3.05) is 0 Å². The molecule has 0 aliphatic heterocycles. The summed E-state index contributed by atoms with van der Waals surface area (Å²) in [6.45, 7) is 5.98. The van der Waals surface area contributed by atoms with Gasteiger partial charge in [-0.1, -0.05) is 30.6 Å². The van der Waals surface area contributed by atoms with Crippen LogP contribution in [0.5, 0.6) is 0 Å². The van der Waals surface area contributed by atoms with Crippen LogP contribution in [0.25, 0.3) is 10.8 Å². The normalized spacial score (nSPS) is 13.3. The lowest BCUT2D eigenvalue weighted by Gasteiger charge is -2.09. The number of aromatic nitrogens is 2. The van der Waals surface area contributed by atoms with Crippen LogP contribution in [0.2, 0.25) is 5.02 Å². The molecule has 1 atom stereocenters. The summed E-state index contributed by atoms with van der Waals surface area (Å²) in [5, 5.41) is 6.53. The van der Waals surface area contributed by atoms with Gasteiger partial charge in [-0.25, -0.2) is 0 Å². The molecule has 92 valence electrons. The van der Waals surface area contributed by atoms with Gasteiger partial charge in [-0.15, -0.1) is 11.3 Å². The van der Waals surface area contributed by atoms with Gasteiger partial charge in [0.25, 0.3) is 5.89 Å². The standard InChI is InChI=1S/C11H14ClN3OS/c1-5(2)8(13)10-14-11(16-15-10)9-7(12)6(3)4-17-9/h4-5,8H,13H2,1-3H3. The molecule has 1 unspecified atom stereocenters. The maximum Gasteiger partial charge on any atom is 0.269 e. The van der Waals surface area contributed by atoms with Crippen molar-refractivity contribution in [2.45, 2.75) is 26.8 Å². The van der Waals surface area contributed by atoms with Gasteiger partial charge < -0.3 is 10.3 Å². The zero-order valence-electron chi connectivity index (χ0n) is 9.90. The minimum atomic E-state index is -0.215. The van der Waals surface area contributed by atoms with E-state index in [4.69, 9.17) is 21.9 Å². The molecule has 0 radical (unpaired) electrons. The zero-order chi connectivity index (χ0) is 12.6. The van der Waals surface area contributed by atoms with Crippen molar-refractivity contribution in [1.82, 2.24) is 10.1 Å². The van der Waals surface area contributed by atoms with Crippen molar-refractivity contribution in [2.24, 2.45) is 11.7 Å². The van der Waals surface area contributed by atoms with E-state index < -0.39 is 0 Å². The minimum Gasteiger partial charge on any atom is -0.333 e. The van der Waals surface area contributed by atoms with Crippen LogP contribution in [0.3, 0.4) is 0 Å². The number of hydrogen-bond donors (Lipinski definition) is 1. The third-order valence-corrected chi connectivity index (χ3v) is 4.24. The molecule has 0 spiro atoms. The van der Waals surface area contributed by atoms with Crippen molar-refractivity contribution in [1.29, 1.82) is 0 Å². The summed E-state index contributed by atoms with van der Waals surface area (Å²) >= 11 is 7.64. The lowest BCUT2D eigenvalue weighted by molar-refractivity contribution is 0.400. The Labute approximate surface area is 109 Å². The van der Waals surface area contributed by atoms with E-state index in [1.165, 1.54) is 11.3 Å². The fraction of sp³-hybridized carbons (Fsp3) is 0.455. The lowest BCUT2D eigenvalue weighted by atomic mass is 10.1. The molecule has 0 bridgehead atoms. The first-order valence-electron chi connectivity index (χ1n) is 5.34. The first-order chi connectivity index (χ1) is 8.00. The molecular weight excluding hydrogens is 258 g/mol. The summed E-state index contributed by atoms with van der Waals surface area (Å²) in [5.74, 6) is 1.23. The van der Waals surface area contributed by atoms with Gasteiger partial charge in [0.1, 0.15) is 4.88 Å². The summed E-state index contributed by atoms with van der Waals surface area (Å²) in [7, 11) is 0. The number of halogens is 1. The molecule has 0 aromatic carbocycles. The average molecular weight is 272 g/mol. The van der Waals surface area contributed by atoms with Gasteiger partial charge in [0.05, 0.1) is 11.1 Å². The maximum absolute atomic E-state index is 6.15. The number of aryl methyl sites for hydroxylation is 1. The van der Waals surface area contributed by atoms with Gasteiger partial charge in [0.2, 0.25) is 0 Å². The Morgan fingerprint density at radius 2 is 2.18 bits per heavy atom. The summed E-state index contributed by atoms with van der Waals surface area (Å²) in [5.41, 5.74) is 6.97. The highest BCUT2D eigenvalue weighted by molar-refractivity contribution is 7.14. The summed E-state index contributed by atoms with van der Waals surface area (Å²) in [6.07, 6.45) is 0. The number of thiophene rings is 1. The van der Waals surface area contributed by atoms with Crippen LogP contribution in [0.1, 0.15) is 31.3 Å². The first-order valence-corrected chi connectivity index (χ1v) is 6.59. The van der Waals surface area contributed by atoms with Crippen molar-refractivity contribution in [3.05, 3.63) is 21.8 Å². The van der Waals surface area contributed by atoms with Crippen LogP contribution in [0.15, 0.2) is 9.90 Å². The molecule has 0 aliphatic carbocycles. The number of nitrogens with zero attached hydrogens (tertiary/aromatic N) is 2. The molecule has 0 fully saturated rings. The summed E-state index contributed by atoms with van der Waals surface area (Å²) < 4.78 is 5.20. The van der Waals surface area contributed by atoms with Crippen LogP contribution in [-0.4, -0.2) is 10.1 Å². The van der Waals surface area contributed by atoms with Crippen LogP contribution in [-0.2, 0) is 0 Å². The topological polar surface area (TPSA) is 64.9 Å². The van der Waals surface area contributed by atoms with Crippen molar-refractivity contribution >= 4 is 22.9 Å². The fourth-order valence-electron chi connectivity index (χ4n) is 1.33. The molecule has 6 heteroatoms. The van der Waals surface area contributed by atoms with Gasteiger partial charge in [-0.2, -0.15) is 4.98 Å². The van der Waals surface area contributed by atoms with E-state index >= 15 is 0 Å². The molecule has 2 heterocycles. The van der Waals surface area contributed by atoms with Crippen LogP contribution in [0, 0.1) is 12.8 Å². The Balaban J connectivity index is 2.33. The molecule has 4 nitrogen and oxygen atoms in total. The maximum atomic E-state index is 6.15. The zero-order valence-corrected chi connectivity index (χ0v) is 11.5. The minimum absolute atomic E-state index is 0.215. The van der Waals surface area contributed by atoms with Crippen LogP contribution >= 0.6 is 22.9 Å². The summed E-state index contributed by atoms with van der Waals surface area (Å²) in [6, 6.07) is -0.215. The van der Waals surface area contributed by atoms with E-state index in [0.717, 1.165) is 10.4 Å². The molecule has 0 aliphatic rings. The SMILES string of the molecule is Cc1csc(-c2nc(C(N)C(C)C)no2)c1Cl. The van der Waals surface area contributed by atoms with E-state index in [-0.39, 0.29) is 12.0 Å². The molecule has 2 N–H and O–H groups in total. The van der Waals surface area contributed by atoms with Crippen molar-refractivity contribution in [3.8, 4) is 10.8 Å². The summed E-state index contributed by atoms with van der Waals surface area (Å²) in [4.78, 5) is 5.10. The largest absolute Gasteiger partial charge is 0.333 e. The molecule has 0 amide bonds. The number of nitrogens with two attached hydrogens (primary N) is 1. The Hall–Kier alpha value is -0.910. The van der Waals surface area contributed by atoms with Gasteiger partial charge in [-0.3, -0.25) is 0 Å². The van der Waals surface area contributed by atoms with E-state index in [1.807, 2.05) is 26.2 Å². The predicted molar refractivity (Wildman–Crippen MR) is 69.1 cm³/mol. The molecule has 2 aromatic rings. The Kier molecular flexibility index (Phi) is 3.51. The highest BCUT2D eigenvalue weighted by Gasteiger charge is 2.20. The van der Waals surface area contributed by atoms with Crippen molar-refractivity contribution < 1.29 is 4.52 Å². The van der Waals surface area contributed by atoms with Crippen LogP contribution in [0.4, 0.5) is 0 Å². The first kappa shape index (κ1) is 12.5. The monoisotopic (exact) mass is 271 g/mol. The second-order valence-electron chi connectivity index (χ2n) is 4.29. The number of hydrogen-bond acceptors (Lipinski definition) is 5. The van der Waals surface area contributed by atoms with Gasteiger partial charge >= 0.3 is 0 Å². The van der Waals surface area contributed by atoms with Gasteiger partial charge in [0.15, 0.2) is 5.82 Å². The molecular formula is C11H14ClN3OS. The lowest BCUT2D eigenvalue weighted by Crippen LogP contribution is -2.18. The fourth-order valence-corrected chi connectivity index (χ4v) is 2.53. The van der Waals surface area contributed by atoms with Crippen molar-refractivity contribution in [3.63, 3.8) is 0 Å². The number of rotatable bonds is 3. The third-order valence-electron chi connectivity index (χ3n) is 2.55. The third kappa shape index (κ3) is 2.36. The van der Waals surface area contributed by atoms with E-state index in [0.29, 0.717) is 16.7 Å². The average Bonchev–Trinajstić information content (AvgIpc) is 2.87. The quantitative estimate of drug-likeness (QED) is 0.929. The predicted octanol–water partition coefficient (Wildman–Crippen LogP) is 3.42. The highest BCUT2D eigenvalue weighted by atomic mass is 35.5. The van der Waals surface area contributed by atoms with E-state index in [1.54, 1.807) is 0 Å². The molecule has 2 aromatic heterocycles. The Bertz CT molecular complexity index is 521. The molecule has 2 rings (SSSR count). The van der Waals surface area contributed by atoms with Gasteiger partial charge in [0, 0.05) is 0 Å².